The normalized spacial score (nSPS) is 30.2. The molecule has 1 aromatic carbocycles. The zero-order chi connectivity index (χ0) is 17.8. The van der Waals surface area contributed by atoms with Crippen LogP contribution in [0.3, 0.4) is 0 Å². The highest BCUT2D eigenvalue weighted by molar-refractivity contribution is 5.97. The molecule has 1 fully saturated rings. The zero-order valence-corrected chi connectivity index (χ0v) is 14.4. The van der Waals surface area contributed by atoms with Crippen molar-refractivity contribution in [2.75, 3.05) is 12.1 Å². The fraction of sp³-hybridized carbons (Fsp3) is 0.556. The van der Waals surface area contributed by atoms with E-state index in [0.29, 0.717) is 30.0 Å². The quantitative estimate of drug-likeness (QED) is 0.887. The van der Waals surface area contributed by atoms with Gasteiger partial charge in [-0.2, -0.15) is 0 Å². The van der Waals surface area contributed by atoms with E-state index in [9.17, 15) is 14.7 Å². The van der Waals surface area contributed by atoms with Crippen molar-refractivity contribution in [3.05, 3.63) is 18.2 Å². The third-order valence-corrected chi connectivity index (χ3v) is 6.49. The monoisotopic (exact) mass is 333 g/mol. The fourth-order valence-corrected chi connectivity index (χ4v) is 3.75. The molecule has 6 nitrogen and oxygen atoms in total. The molecule has 2 atom stereocenters. The molecule has 0 radical (unpaired) electrons. The van der Waals surface area contributed by atoms with Crippen LogP contribution in [0.15, 0.2) is 18.2 Å². The highest BCUT2D eigenvalue weighted by Gasteiger charge is 2.64. The molecule has 3 rings (SSSR count). The number of carbonyl (C=O) groups is 2. The van der Waals surface area contributed by atoms with Gasteiger partial charge in [0.05, 0.1) is 10.8 Å². The molecular formula is C18H23NO5. The summed E-state index contributed by atoms with van der Waals surface area (Å²) in [5.74, 6) is 0.223. The van der Waals surface area contributed by atoms with E-state index < -0.39 is 22.2 Å². The van der Waals surface area contributed by atoms with Gasteiger partial charge in [-0.25, -0.2) is 0 Å². The number of benzene rings is 1. The second-order valence-electron chi connectivity index (χ2n) is 7.62. The lowest BCUT2D eigenvalue weighted by molar-refractivity contribution is -0.157. The van der Waals surface area contributed by atoms with E-state index in [4.69, 9.17) is 9.47 Å². The second kappa shape index (κ2) is 5.13. The Balaban J connectivity index is 1.86. The SMILES string of the molecule is CC1(C(=O)O)CCC(C)(C(=O)Nc2ccc3c(c2)OCO3)C1(C)C. The predicted octanol–water partition coefficient (Wildman–Crippen LogP) is 3.27. The Morgan fingerprint density at radius 2 is 1.67 bits per heavy atom. The fourth-order valence-electron chi connectivity index (χ4n) is 3.75. The molecule has 0 aromatic heterocycles. The standard InChI is InChI=1S/C18H23NO5/c1-16(2)17(3,7-8-18(16,4)15(21)22)14(20)19-11-5-6-12-13(9-11)24-10-23-12/h5-6,9H,7-8,10H2,1-4H3,(H,19,20)(H,21,22). The number of carboxylic acid groups (broad SMARTS) is 1. The number of nitrogens with one attached hydrogen (secondary N) is 1. The number of carbonyl (C=O) groups excluding carboxylic acids is 1. The molecule has 1 heterocycles. The van der Waals surface area contributed by atoms with E-state index in [-0.39, 0.29) is 12.7 Å². The zero-order valence-electron chi connectivity index (χ0n) is 14.4. The smallest absolute Gasteiger partial charge is 0.309 e. The Morgan fingerprint density at radius 3 is 2.29 bits per heavy atom. The molecule has 24 heavy (non-hydrogen) atoms. The number of carboxylic acids is 1. The summed E-state index contributed by atoms with van der Waals surface area (Å²) in [5.41, 5.74) is -1.79. The molecule has 0 saturated heterocycles. The van der Waals surface area contributed by atoms with Crippen LogP contribution in [0.4, 0.5) is 5.69 Å². The molecule has 130 valence electrons. The van der Waals surface area contributed by atoms with Crippen LogP contribution < -0.4 is 14.8 Å². The van der Waals surface area contributed by atoms with E-state index in [1.54, 1.807) is 25.1 Å². The molecule has 2 aliphatic rings. The van der Waals surface area contributed by atoms with Crippen molar-refractivity contribution in [2.45, 2.75) is 40.5 Å². The minimum Gasteiger partial charge on any atom is -0.481 e. The summed E-state index contributed by atoms with van der Waals surface area (Å²) in [6.45, 7) is 7.49. The van der Waals surface area contributed by atoms with Gasteiger partial charge in [-0.15, -0.1) is 0 Å². The maximum atomic E-state index is 13.0. The van der Waals surface area contributed by atoms with Crippen LogP contribution in [0.5, 0.6) is 11.5 Å². The summed E-state index contributed by atoms with van der Waals surface area (Å²) >= 11 is 0. The largest absolute Gasteiger partial charge is 0.481 e. The first-order chi connectivity index (χ1) is 11.1. The molecule has 2 N–H and O–H groups in total. The van der Waals surface area contributed by atoms with Gasteiger partial charge < -0.3 is 19.9 Å². The summed E-state index contributed by atoms with van der Waals surface area (Å²) in [4.78, 5) is 24.8. The average Bonchev–Trinajstić information content (AvgIpc) is 3.05. The van der Waals surface area contributed by atoms with Crippen molar-refractivity contribution >= 4 is 17.6 Å². The number of ether oxygens (including phenoxy) is 2. The van der Waals surface area contributed by atoms with Crippen molar-refractivity contribution in [3.63, 3.8) is 0 Å². The van der Waals surface area contributed by atoms with E-state index >= 15 is 0 Å². The Morgan fingerprint density at radius 1 is 1.04 bits per heavy atom. The highest BCUT2D eigenvalue weighted by atomic mass is 16.7. The summed E-state index contributed by atoms with van der Waals surface area (Å²) in [6, 6.07) is 5.23. The van der Waals surface area contributed by atoms with E-state index in [1.807, 2.05) is 20.8 Å². The van der Waals surface area contributed by atoms with Crippen molar-refractivity contribution in [2.24, 2.45) is 16.2 Å². The van der Waals surface area contributed by atoms with Crippen molar-refractivity contribution in [3.8, 4) is 11.5 Å². The predicted molar refractivity (Wildman–Crippen MR) is 88.1 cm³/mol. The number of rotatable bonds is 3. The third-order valence-electron chi connectivity index (χ3n) is 6.49. The lowest BCUT2D eigenvalue weighted by atomic mass is 9.59. The van der Waals surface area contributed by atoms with Gasteiger partial charge in [0.2, 0.25) is 12.7 Å². The Bertz CT molecular complexity index is 713. The second-order valence-corrected chi connectivity index (χ2v) is 7.62. The lowest BCUT2D eigenvalue weighted by Gasteiger charge is -2.44. The summed E-state index contributed by atoms with van der Waals surface area (Å²) < 4.78 is 10.6. The van der Waals surface area contributed by atoms with Gasteiger partial charge in [-0.3, -0.25) is 9.59 Å². The minimum absolute atomic E-state index is 0.170. The van der Waals surface area contributed by atoms with Gasteiger partial charge in [0.1, 0.15) is 0 Å². The topological polar surface area (TPSA) is 84.9 Å². The maximum Gasteiger partial charge on any atom is 0.309 e. The molecule has 1 amide bonds. The van der Waals surface area contributed by atoms with E-state index in [2.05, 4.69) is 5.32 Å². The van der Waals surface area contributed by atoms with E-state index in [0.717, 1.165) is 0 Å². The van der Waals surface area contributed by atoms with Gasteiger partial charge in [0.15, 0.2) is 11.5 Å². The lowest BCUT2D eigenvalue weighted by Crippen LogP contribution is -2.49. The Kier molecular flexibility index (Phi) is 3.55. The Hall–Kier alpha value is -2.24. The number of hydrogen-bond donors (Lipinski definition) is 2. The van der Waals surface area contributed by atoms with Gasteiger partial charge in [0, 0.05) is 11.8 Å². The molecule has 1 saturated carbocycles. The molecule has 1 aromatic rings. The van der Waals surface area contributed by atoms with Crippen LogP contribution in [-0.4, -0.2) is 23.8 Å². The molecule has 6 heteroatoms. The summed E-state index contributed by atoms with van der Waals surface area (Å²) in [7, 11) is 0. The molecular weight excluding hydrogens is 310 g/mol. The van der Waals surface area contributed by atoms with Gasteiger partial charge >= 0.3 is 5.97 Å². The van der Waals surface area contributed by atoms with Crippen LogP contribution in [0.2, 0.25) is 0 Å². The van der Waals surface area contributed by atoms with Crippen LogP contribution in [-0.2, 0) is 9.59 Å². The molecule has 0 bridgehead atoms. The summed E-state index contributed by atoms with van der Waals surface area (Å²) in [5, 5.41) is 12.6. The molecule has 1 aliphatic heterocycles. The average molecular weight is 333 g/mol. The number of hydrogen-bond acceptors (Lipinski definition) is 4. The van der Waals surface area contributed by atoms with Crippen LogP contribution >= 0.6 is 0 Å². The highest BCUT2D eigenvalue weighted by Crippen LogP contribution is 2.63. The van der Waals surface area contributed by atoms with Gasteiger partial charge in [0.25, 0.3) is 0 Å². The third kappa shape index (κ3) is 2.08. The van der Waals surface area contributed by atoms with Crippen LogP contribution in [0.25, 0.3) is 0 Å². The van der Waals surface area contributed by atoms with Crippen molar-refractivity contribution in [1.82, 2.24) is 0 Å². The first kappa shape index (κ1) is 16.6. The molecule has 2 unspecified atom stereocenters. The van der Waals surface area contributed by atoms with Crippen LogP contribution in [0, 0.1) is 16.2 Å². The summed E-state index contributed by atoms with van der Waals surface area (Å²) in [6.07, 6.45) is 1.000. The Labute approximate surface area is 141 Å². The molecule has 0 spiro atoms. The van der Waals surface area contributed by atoms with Crippen molar-refractivity contribution < 1.29 is 24.2 Å². The van der Waals surface area contributed by atoms with Crippen LogP contribution in [0.1, 0.15) is 40.5 Å². The number of amides is 1. The maximum absolute atomic E-state index is 13.0. The van der Waals surface area contributed by atoms with Gasteiger partial charge in [-0.1, -0.05) is 20.8 Å². The number of aliphatic carboxylic acids is 1. The van der Waals surface area contributed by atoms with Crippen molar-refractivity contribution in [1.29, 1.82) is 0 Å². The van der Waals surface area contributed by atoms with Gasteiger partial charge in [-0.05, 0) is 37.3 Å². The number of fused-ring (bicyclic) bond motifs is 1. The first-order valence-corrected chi connectivity index (χ1v) is 8.06. The molecule has 1 aliphatic carbocycles. The first-order valence-electron chi connectivity index (χ1n) is 8.06. The minimum atomic E-state index is -0.937. The number of anilines is 1. The van der Waals surface area contributed by atoms with E-state index in [1.165, 1.54) is 0 Å².